The second-order valence-corrected chi connectivity index (χ2v) is 9.48. The zero-order valence-electron chi connectivity index (χ0n) is 15.1. The summed E-state index contributed by atoms with van der Waals surface area (Å²) in [6.07, 6.45) is 0.587. The first-order chi connectivity index (χ1) is 12.2. The molecular weight excluding hydrogens is 374 g/mol. The summed E-state index contributed by atoms with van der Waals surface area (Å²) >= 11 is 5.87. The van der Waals surface area contributed by atoms with Gasteiger partial charge in [-0.3, -0.25) is 9.48 Å². The van der Waals surface area contributed by atoms with Gasteiger partial charge in [0.2, 0.25) is 0 Å². The molecule has 26 heavy (non-hydrogen) atoms. The van der Waals surface area contributed by atoms with Crippen LogP contribution >= 0.6 is 11.6 Å². The van der Waals surface area contributed by atoms with E-state index in [0.29, 0.717) is 23.6 Å². The highest BCUT2D eigenvalue weighted by Crippen LogP contribution is 2.27. The zero-order valence-corrected chi connectivity index (χ0v) is 16.6. The van der Waals surface area contributed by atoms with E-state index in [1.807, 2.05) is 18.5 Å². The number of sulfone groups is 1. The molecule has 2 heterocycles. The van der Waals surface area contributed by atoms with Crippen molar-refractivity contribution < 1.29 is 13.2 Å². The molecule has 0 spiro atoms. The van der Waals surface area contributed by atoms with Gasteiger partial charge < -0.3 is 4.90 Å². The van der Waals surface area contributed by atoms with Crippen molar-refractivity contribution in [1.82, 2.24) is 14.7 Å². The third-order valence-corrected chi connectivity index (χ3v) is 6.86. The topological polar surface area (TPSA) is 72.3 Å². The Morgan fingerprint density at radius 3 is 2.54 bits per heavy atom. The van der Waals surface area contributed by atoms with E-state index < -0.39 is 9.84 Å². The molecule has 1 aliphatic rings. The van der Waals surface area contributed by atoms with Gasteiger partial charge in [0.25, 0.3) is 5.91 Å². The number of carbonyl (C=O) groups is 1. The summed E-state index contributed by atoms with van der Waals surface area (Å²) in [7, 11) is -1.23. The summed E-state index contributed by atoms with van der Waals surface area (Å²) in [5.41, 5.74) is 3.27. The number of nitrogens with zero attached hydrogens (tertiary/aromatic N) is 3. The van der Waals surface area contributed by atoms with Gasteiger partial charge in [-0.2, -0.15) is 5.10 Å². The van der Waals surface area contributed by atoms with Crippen LogP contribution in [0.1, 0.15) is 39.8 Å². The Hall–Kier alpha value is -1.86. The van der Waals surface area contributed by atoms with Gasteiger partial charge in [0.05, 0.1) is 23.2 Å². The van der Waals surface area contributed by atoms with Crippen molar-refractivity contribution >= 4 is 27.3 Å². The molecule has 0 N–H and O–H groups in total. The smallest absolute Gasteiger partial charge is 0.253 e. The molecule has 0 unspecified atom stereocenters. The molecule has 1 atom stereocenters. The minimum atomic E-state index is -2.98. The molecule has 0 radical (unpaired) electrons. The predicted octanol–water partition coefficient (Wildman–Crippen LogP) is 2.79. The molecule has 0 saturated carbocycles. The maximum Gasteiger partial charge on any atom is 0.253 e. The molecule has 1 fully saturated rings. The number of aryl methyl sites for hydroxylation is 1. The lowest BCUT2D eigenvalue weighted by Gasteiger charge is -2.18. The van der Waals surface area contributed by atoms with Gasteiger partial charge in [0, 0.05) is 35.4 Å². The van der Waals surface area contributed by atoms with Crippen molar-refractivity contribution in [2.24, 2.45) is 0 Å². The maximum absolute atomic E-state index is 12.6. The van der Waals surface area contributed by atoms with E-state index >= 15 is 0 Å². The Labute approximate surface area is 158 Å². The fraction of sp³-hybridized carbons (Fsp3) is 0.444. The number of aromatic nitrogens is 2. The molecule has 2 aromatic rings. The molecule has 1 saturated heterocycles. The van der Waals surface area contributed by atoms with E-state index in [-0.39, 0.29) is 23.5 Å². The van der Waals surface area contributed by atoms with E-state index in [1.165, 1.54) is 0 Å². The van der Waals surface area contributed by atoms with Crippen LogP contribution in [-0.2, 0) is 16.4 Å². The first-order valence-corrected chi connectivity index (χ1v) is 10.6. The molecule has 1 amide bonds. The Kier molecular flexibility index (Phi) is 5.12. The first-order valence-electron chi connectivity index (χ1n) is 8.44. The van der Waals surface area contributed by atoms with Gasteiger partial charge in [-0.1, -0.05) is 11.6 Å². The van der Waals surface area contributed by atoms with Crippen LogP contribution in [0.25, 0.3) is 0 Å². The molecule has 140 valence electrons. The summed E-state index contributed by atoms with van der Waals surface area (Å²) in [6, 6.07) is 6.67. The Morgan fingerprint density at radius 1 is 1.31 bits per heavy atom. The molecule has 0 aliphatic carbocycles. The quantitative estimate of drug-likeness (QED) is 0.797. The lowest BCUT2D eigenvalue weighted by atomic mass is 10.1. The largest absolute Gasteiger partial charge is 0.337 e. The molecule has 1 aromatic heterocycles. The van der Waals surface area contributed by atoms with E-state index in [1.54, 1.807) is 36.2 Å². The molecule has 3 rings (SSSR count). The number of halogens is 1. The Balaban J connectivity index is 1.79. The number of carbonyl (C=O) groups excluding carboxylic acids is 1. The van der Waals surface area contributed by atoms with Crippen LogP contribution in [0.15, 0.2) is 24.3 Å². The second-order valence-electron chi connectivity index (χ2n) is 6.82. The summed E-state index contributed by atoms with van der Waals surface area (Å²) in [5.74, 6) is 0.241. The minimum Gasteiger partial charge on any atom is -0.337 e. The van der Waals surface area contributed by atoms with Gasteiger partial charge in [-0.25, -0.2) is 8.42 Å². The maximum atomic E-state index is 12.6. The van der Waals surface area contributed by atoms with Crippen LogP contribution in [0.3, 0.4) is 0 Å². The fourth-order valence-corrected chi connectivity index (χ4v) is 5.19. The third kappa shape index (κ3) is 3.78. The van der Waals surface area contributed by atoms with Crippen LogP contribution in [0.5, 0.6) is 0 Å². The molecule has 1 aromatic carbocycles. The number of benzene rings is 1. The highest BCUT2D eigenvalue weighted by Gasteiger charge is 2.31. The van der Waals surface area contributed by atoms with E-state index in [0.717, 1.165) is 17.0 Å². The summed E-state index contributed by atoms with van der Waals surface area (Å²) in [6.45, 7) is 4.24. The van der Waals surface area contributed by atoms with Crippen LogP contribution < -0.4 is 0 Å². The summed E-state index contributed by atoms with van der Waals surface area (Å²) in [5, 5.41) is 5.14. The molecule has 6 nitrogen and oxygen atoms in total. The van der Waals surface area contributed by atoms with Crippen molar-refractivity contribution in [2.45, 2.75) is 32.9 Å². The second kappa shape index (κ2) is 7.04. The van der Waals surface area contributed by atoms with Crippen molar-refractivity contribution in [3.05, 3.63) is 51.8 Å². The lowest BCUT2D eigenvalue weighted by molar-refractivity contribution is 0.0784. The first kappa shape index (κ1) is 18.9. The van der Waals surface area contributed by atoms with Gasteiger partial charge >= 0.3 is 0 Å². The van der Waals surface area contributed by atoms with Crippen LogP contribution in [0, 0.1) is 13.8 Å². The number of hydrogen-bond acceptors (Lipinski definition) is 4. The Morgan fingerprint density at radius 2 is 1.96 bits per heavy atom. The van der Waals surface area contributed by atoms with E-state index in [2.05, 4.69) is 5.10 Å². The molecule has 1 aliphatic heterocycles. The highest BCUT2D eigenvalue weighted by molar-refractivity contribution is 7.91. The van der Waals surface area contributed by atoms with Crippen LogP contribution in [-0.4, -0.2) is 47.6 Å². The summed E-state index contributed by atoms with van der Waals surface area (Å²) < 4.78 is 25.3. The average molecular weight is 396 g/mol. The molecular formula is C18H22ClN3O3S. The highest BCUT2D eigenvalue weighted by atomic mass is 35.5. The summed E-state index contributed by atoms with van der Waals surface area (Å²) in [4.78, 5) is 14.2. The van der Waals surface area contributed by atoms with Crippen LogP contribution in [0.2, 0.25) is 5.02 Å². The minimum absolute atomic E-state index is 0.100. The Bertz CT molecular complexity index is 935. The van der Waals surface area contributed by atoms with Gasteiger partial charge in [-0.05, 0) is 44.5 Å². The van der Waals surface area contributed by atoms with Gasteiger partial charge in [0.15, 0.2) is 9.84 Å². The zero-order chi connectivity index (χ0) is 19.1. The van der Waals surface area contributed by atoms with Gasteiger partial charge in [0.1, 0.15) is 0 Å². The third-order valence-electron chi connectivity index (χ3n) is 4.86. The van der Waals surface area contributed by atoms with E-state index in [4.69, 9.17) is 11.6 Å². The van der Waals surface area contributed by atoms with Crippen molar-refractivity contribution in [3.63, 3.8) is 0 Å². The SMILES string of the molecule is Cc1nn([C@H]2CCS(=O)(=O)C2)c(C)c1CN(C)C(=O)c1ccc(Cl)cc1. The standard InChI is InChI=1S/C18H22ClN3O3S/c1-12-17(10-21(3)18(23)14-4-6-15(19)7-5-14)13(2)22(20-12)16-8-9-26(24,25)11-16/h4-7,16H,8-11H2,1-3H3/t16-/m0/s1. The van der Waals surface area contributed by atoms with Crippen molar-refractivity contribution in [2.75, 3.05) is 18.6 Å². The van der Waals surface area contributed by atoms with Gasteiger partial charge in [-0.15, -0.1) is 0 Å². The number of amides is 1. The van der Waals surface area contributed by atoms with Crippen molar-refractivity contribution in [1.29, 1.82) is 0 Å². The lowest BCUT2D eigenvalue weighted by Crippen LogP contribution is -2.26. The normalized spacial score (nSPS) is 18.8. The van der Waals surface area contributed by atoms with E-state index in [9.17, 15) is 13.2 Å². The fourth-order valence-electron chi connectivity index (χ4n) is 3.37. The molecule has 0 bridgehead atoms. The molecule has 8 heteroatoms. The van der Waals surface area contributed by atoms with Crippen LogP contribution in [0.4, 0.5) is 0 Å². The average Bonchev–Trinajstić information content (AvgIpc) is 3.08. The van der Waals surface area contributed by atoms with Crippen molar-refractivity contribution in [3.8, 4) is 0 Å². The number of hydrogen-bond donors (Lipinski definition) is 0. The monoisotopic (exact) mass is 395 g/mol. The number of rotatable bonds is 4. The predicted molar refractivity (Wildman–Crippen MR) is 101 cm³/mol.